The minimum atomic E-state index is -4.60. The highest BCUT2D eigenvalue weighted by molar-refractivity contribution is 7.86. The first-order valence-electron chi connectivity index (χ1n) is 12.4. The number of aliphatic hydroxyl groups excluding tert-OH is 1. The molecule has 1 aliphatic heterocycles. The van der Waals surface area contributed by atoms with Crippen molar-refractivity contribution >= 4 is 48.9 Å². The fourth-order valence-electron chi connectivity index (χ4n) is 5.27. The average molecular weight is 551 g/mol. The molecule has 0 atom stereocenters. The molecular weight excluding hydrogens is 528 g/mol. The van der Waals surface area contributed by atoms with Crippen molar-refractivity contribution in [2.24, 2.45) is 0 Å². The Hall–Kier alpha value is -4.86. The third-order valence-corrected chi connectivity index (χ3v) is 7.95. The van der Waals surface area contributed by atoms with E-state index in [1.54, 1.807) is 80.6 Å². The van der Waals surface area contributed by atoms with Gasteiger partial charge in [-0.3, -0.25) is 14.1 Å². The molecule has 0 unspecified atom stereocenters. The summed E-state index contributed by atoms with van der Waals surface area (Å²) in [5.41, 5.74) is 1.22. The fourth-order valence-corrected chi connectivity index (χ4v) is 6.00. The topological polar surface area (TPSA) is 134 Å². The van der Waals surface area contributed by atoms with Gasteiger partial charge in [0.1, 0.15) is 10.7 Å². The van der Waals surface area contributed by atoms with Crippen molar-refractivity contribution in [2.45, 2.75) is 18.7 Å². The maximum absolute atomic E-state index is 14.0. The first-order chi connectivity index (χ1) is 19.1. The number of rotatable bonds is 4. The van der Waals surface area contributed by atoms with Crippen LogP contribution in [0.2, 0.25) is 0 Å². The highest BCUT2D eigenvalue weighted by atomic mass is 32.2. The molecule has 0 saturated carbocycles. The molecule has 0 radical (unpaired) electrons. The lowest BCUT2D eigenvalue weighted by Crippen LogP contribution is -2.33. The van der Waals surface area contributed by atoms with Crippen LogP contribution < -0.4 is 21.5 Å². The van der Waals surface area contributed by atoms with Gasteiger partial charge in [-0.25, -0.2) is 4.98 Å². The number of nitrogens with one attached hydrogen (secondary N) is 1. The molecule has 0 amide bonds. The summed E-state index contributed by atoms with van der Waals surface area (Å²) < 4.78 is 34.3. The molecule has 0 saturated heterocycles. The molecule has 4 aromatic carbocycles. The van der Waals surface area contributed by atoms with Crippen molar-refractivity contribution in [3.05, 3.63) is 132 Å². The lowest BCUT2D eigenvalue weighted by molar-refractivity contribution is 0.483. The van der Waals surface area contributed by atoms with E-state index in [0.29, 0.717) is 43.4 Å². The van der Waals surface area contributed by atoms with Gasteiger partial charge >= 0.3 is 0 Å². The van der Waals surface area contributed by atoms with Crippen molar-refractivity contribution in [2.75, 3.05) is 5.32 Å². The van der Waals surface area contributed by atoms with E-state index < -0.39 is 15.7 Å². The molecule has 3 N–H and O–H groups in total. The number of nitrogens with zero attached hydrogens (tertiary/aromatic N) is 1. The predicted molar refractivity (Wildman–Crippen MR) is 154 cm³/mol. The van der Waals surface area contributed by atoms with E-state index in [1.165, 1.54) is 12.1 Å². The van der Waals surface area contributed by atoms with E-state index in [1.807, 2.05) is 0 Å². The summed E-state index contributed by atoms with van der Waals surface area (Å²) in [6, 6.07) is 21.5. The number of aromatic nitrogens is 1. The number of fused-ring (bicyclic) bond motifs is 2. The van der Waals surface area contributed by atoms with Crippen LogP contribution in [0.4, 0.5) is 11.4 Å². The summed E-state index contributed by atoms with van der Waals surface area (Å²) in [6.07, 6.45) is 0. The second kappa shape index (κ2) is 9.11. The Balaban J connectivity index is 1.87. The number of aliphatic hydroxyl groups is 1. The molecule has 40 heavy (non-hydrogen) atoms. The van der Waals surface area contributed by atoms with Crippen molar-refractivity contribution in [3.63, 3.8) is 0 Å². The van der Waals surface area contributed by atoms with E-state index in [2.05, 4.69) is 10.3 Å². The monoisotopic (exact) mass is 550 g/mol. The van der Waals surface area contributed by atoms with Crippen LogP contribution in [0.5, 0.6) is 0 Å². The standard InChI is InChI=1S/C31H22N2O6S/c1-16-12-13-21(23(14-16)40(37,38)39)32-22-15-17(2)28-26-24(19-10-6-7-11-20(19)30(35)25(22)26)27(31(36)33-28)29(34)18-8-4-3-5-9-18/h3-15,32,34H,1-2H3,(H,37,38,39). The Morgan fingerprint density at radius 1 is 0.825 bits per heavy atom. The Morgan fingerprint density at radius 2 is 1.50 bits per heavy atom. The maximum Gasteiger partial charge on any atom is 0.296 e. The van der Waals surface area contributed by atoms with E-state index in [4.69, 9.17) is 0 Å². The number of aryl methyl sites for hydroxylation is 2. The second-order valence-electron chi connectivity index (χ2n) is 9.70. The lowest BCUT2D eigenvalue weighted by Gasteiger charge is -2.16. The van der Waals surface area contributed by atoms with Gasteiger partial charge in [0.05, 0.1) is 27.5 Å². The van der Waals surface area contributed by atoms with Gasteiger partial charge in [0.15, 0.2) is 5.43 Å². The van der Waals surface area contributed by atoms with Crippen LogP contribution in [0.3, 0.4) is 0 Å². The molecular formula is C31H22N2O6S. The molecule has 0 fully saturated rings. The molecule has 4 aromatic rings. The number of anilines is 2. The fraction of sp³-hybridized carbons (Fsp3) is 0.0645. The summed E-state index contributed by atoms with van der Waals surface area (Å²) in [6.45, 7) is 3.42. The molecule has 0 aromatic heterocycles. The summed E-state index contributed by atoms with van der Waals surface area (Å²) in [5, 5.41) is 16.1. The van der Waals surface area contributed by atoms with E-state index in [0.717, 1.165) is 0 Å². The molecule has 0 spiro atoms. The van der Waals surface area contributed by atoms with Gasteiger partial charge in [0.25, 0.3) is 15.7 Å². The predicted octanol–water partition coefficient (Wildman–Crippen LogP) is 4.31. The first-order valence-corrected chi connectivity index (χ1v) is 13.8. The largest absolute Gasteiger partial charge is 0.506 e. The van der Waals surface area contributed by atoms with Crippen LogP contribution in [0, 0.1) is 24.3 Å². The minimum Gasteiger partial charge on any atom is -0.506 e. The number of benzene rings is 4. The summed E-state index contributed by atoms with van der Waals surface area (Å²) in [4.78, 5) is 31.4. The van der Waals surface area contributed by atoms with E-state index >= 15 is 0 Å². The zero-order valence-corrected chi connectivity index (χ0v) is 22.2. The van der Waals surface area contributed by atoms with Gasteiger partial charge < -0.3 is 10.4 Å². The second-order valence-corrected chi connectivity index (χ2v) is 11.1. The molecule has 2 aliphatic rings. The van der Waals surface area contributed by atoms with Crippen LogP contribution in [-0.2, 0) is 10.1 Å². The van der Waals surface area contributed by atoms with Gasteiger partial charge in [-0.1, -0.05) is 60.7 Å². The van der Waals surface area contributed by atoms with E-state index in [-0.39, 0.29) is 38.1 Å². The molecule has 8 nitrogen and oxygen atoms in total. The van der Waals surface area contributed by atoms with Crippen molar-refractivity contribution in [3.8, 4) is 0 Å². The smallest absolute Gasteiger partial charge is 0.296 e. The Bertz CT molecular complexity index is 2340. The first kappa shape index (κ1) is 25.4. The number of hydrogen-bond acceptors (Lipinski definition) is 7. The third kappa shape index (κ3) is 3.95. The van der Waals surface area contributed by atoms with Crippen LogP contribution in [0.1, 0.15) is 16.7 Å². The number of hydrogen-bond donors (Lipinski definition) is 3. The molecule has 0 bridgehead atoms. The summed E-state index contributed by atoms with van der Waals surface area (Å²) >= 11 is 0. The Labute approximate surface area is 227 Å². The Morgan fingerprint density at radius 3 is 2.20 bits per heavy atom. The average Bonchev–Trinajstić information content (AvgIpc) is 2.93. The van der Waals surface area contributed by atoms with Crippen LogP contribution in [0.15, 0.2) is 93.3 Å². The van der Waals surface area contributed by atoms with Crippen molar-refractivity contribution in [1.82, 2.24) is 4.98 Å². The Kier molecular flexibility index (Phi) is 5.79. The highest BCUT2D eigenvalue weighted by Crippen LogP contribution is 2.32. The summed E-state index contributed by atoms with van der Waals surface area (Å²) in [5.74, 6) is -0.270. The van der Waals surface area contributed by atoms with E-state index in [9.17, 15) is 27.7 Å². The molecule has 1 aliphatic carbocycles. The zero-order valence-electron chi connectivity index (χ0n) is 21.4. The molecule has 9 heteroatoms. The lowest BCUT2D eigenvalue weighted by atomic mass is 9.95. The van der Waals surface area contributed by atoms with Crippen LogP contribution in [0.25, 0.3) is 27.4 Å². The molecule has 6 rings (SSSR count). The van der Waals surface area contributed by atoms with Gasteiger partial charge in [0, 0.05) is 21.4 Å². The SMILES string of the molecule is Cc1ccc(Nc2cc(C)c3nc(=O)c(=C(O)c4ccccc4)c4c5ccccc5c(=O)c2c3=4)c(S(=O)(=O)O)c1. The van der Waals surface area contributed by atoms with Gasteiger partial charge in [-0.2, -0.15) is 8.42 Å². The van der Waals surface area contributed by atoms with Gasteiger partial charge in [-0.15, -0.1) is 0 Å². The normalized spacial score (nSPS) is 12.8. The van der Waals surface area contributed by atoms with Crippen molar-refractivity contribution < 1.29 is 18.1 Å². The highest BCUT2D eigenvalue weighted by Gasteiger charge is 2.21. The maximum atomic E-state index is 14.0. The summed E-state index contributed by atoms with van der Waals surface area (Å²) in [7, 11) is -4.60. The van der Waals surface area contributed by atoms with Crippen LogP contribution >= 0.6 is 0 Å². The third-order valence-electron chi connectivity index (χ3n) is 7.05. The molecule has 198 valence electrons. The zero-order chi connectivity index (χ0) is 28.3. The molecule has 1 heterocycles. The van der Waals surface area contributed by atoms with Crippen molar-refractivity contribution in [1.29, 1.82) is 0 Å². The quantitative estimate of drug-likeness (QED) is 0.277. The van der Waals surface area contributed by atoms with Crippen LogP contribution in [-0.4, -0.2) is 23.1 Å². The minimum absolute atomic E-state index is 0.0367. The van der Waals surface area contributed by atoms with Gasteiger partial charge in [-0.05, 0) is 48.6 Å². The van der Waals surface area contributed by atoms with Gasteiger partial charge in [0.2, 0.25) is 0 Å².